The lowest BCUT2D eigenvalue weighted by atomic mass is 10.1. The van der Waals surface area contributed by atoms with Gasteiger partial charge in [-0.3, -0.25) is 4.79 Å². The van der Waals surface area contributed by atoms with Gasteiger partial charge in [0.05, 0.1) is 0 Å². The van der Waals surface area contributed by atoms with Crippen molar-refractivity contribution in [2.45, 2.75) is 65.2 Å². The van der Waals surface area contributed by atoms with Gasteiger partial charge in [0.25, 0.3) is 0 Å². The van der Waals surface area contributed by atoms with Crippen molar-refractivity contribution in [3.8, 4) is 11.8 Å². The van der Waals surface area contributed by atoms with Crippen LogP contribution in [0.5, 0.6) is 0 Å². The van der Waals surface area contributed by atoms with Crippen molar-refractivity contribution in [1.29, 1.82) is 0 Å². The van der Waals surface area contributed by atoms with Crippen molar-refractivity contribution in [3.63, 3.8) is 0 Å². The quantitative estimate of drug-likeness (QED) is 0.327. The minimum Gasteiger partial charge on any atom is -0.285 e. The lowest BCUT2D eigenvalue weighted by molar-refractivity contribution is -0.113. The zero-order chi connectivity index (χ0) is 10.6. The number of Topliss-reactive ketones (excluding diaryl/α,β-unsaturated/α-hetero) is 1. The first-order chi connectivity index (χ1) is 6.81. The molecule has 0 heterocycles. The van der Waals surface area contributed by atoms with E-state index in [0.29, 0.717) is 6.42 Å². The summed E-state index contributed by atoms with van der Waals surface area (Å²) in [6, 6.07) is 0. The largest absolute Gasteiger partial charge is 0.285 e. The molecule has 0 radical (unpaired) electrons. The lowest BCUT2D eigenvalue weighted by Crippen LogP contribution is -1.92. The number of hydrogen-bond donors (Lipinski definition) is 0. The van der Waals surface area contributed by atoms with Crippen LogP contribution in [0.25, 0.3) is 0 Å². The molecule has 0 amide bonds. The van der Waals surface area contributed by atoms with Gasteiger partial charge in [0, 0.05) is 6.42 Å². The minimum atomic E-state index is 0.0982. The topological polar surface area (TPSA) is 17.1 Å². The van der Waals surface area contributed by atoms with Gasteiger partial charge in [0.1, 0.15) is 0 Å². The van der Waals surface area contributed by atoms with Crippen LogP contribution in [0.15, 0.2) is 0 Å². The Morgan fingerprint density at radius 1 is 1.00 bits per heavy atom. The van der Waals surface area contributed by atoms with Crippen LogP contribution < -0.4 is 0 Å². The van der Waals surface area contributed by atoms with E-state index in [1.165, 1.54) is 38.5 Å². The summed E-state index contributed by atoms with van der Waals surface area (Å²) in [4.78, 5) is 11.0. The average Bonchev–Trinajstić information content (AvgIpc) is 2.17. The maximum atomic E-state index is 11.0. The monoisotopic (exact) mass is 194 g/mol. The van der Waals surface area contributed by atoms with Crippen LogP contribution in [-0.2, 0) is 4.79 Å². The maximum absolute atomic E-state index is 11.0. The second-order valence-corrected chi connectivity index (χ2v) is 3.67. The van der Waals surface area contributed by atoms with Crippen molar-refractivity contribution in [2.75, 3.05) is 0 Å². The van der Waals surface area contributed by atoms with E-state index < -0.39 is 0 Å². The van der Waals surface area contributed by atoms with Crippen molar-refractivity contribution >= 4 is 5.78 Å². The van der Waals surface area contributed by atoms with Gasteiger partial charge in [0.2, 0.25) is 5.78 Å². The average molecular weight is 194 g/mol. The molecule has 80 valence electrons. The van der Waals surface area contributed by atoms with Crippen molar-refractivity contribution in [3.05, 3.63) is 0 Å². The van der Waals surface area contributed by atoms with E-state index in [4.69, 9.17) is 0 Å². The summed E-state index contributed by atoms with van der Waals surface area (Å²) in [5.41, 5.74) is 0. The Labute approximate surface area is 88.3 Å². The van der Waals surface area contributed by atoms with Crippen LogP contribution >= 0.6 is 0 Å². The summed E-state index contributed by atoms with van der Waals surface area (Å²) in [5.74, 6) is 5.30. The summed E-state index contributed by atoms with van der Waals surface area (Å²) in [5, 5.41) is 0. The molecule has 0 bridgehead atoms. The Kier molecular flexibility index (Phi) is 9.74. The molecule has 0 aromatic heterocycles. The zero-order valence-electron chi connectivity index (χ0n) is 9.57. The summed E-state index contributed by atoms with van der Waals surface area (Å²) >= 11 is 0. The van der Waals surface area contributed by atoms with E-state index in [-0.39, 0.29) is 5.78 Å². The van der Waals surface area contributed by atoms with Gasteiger partial charge in [-0.15, -0.1) is 0 Å². The third kappa shape index (κ3) is 9.32. The first-order valence-corrected chi connectivity index (χ1v) is 5.76. The normalized spacial score (nSPS) is 9.29. The predicted octanol–water partition coefficient (Wildman–Crippen LogP) is 3.72. The number of unbranched alkanes of at least 4 members (excludes halogenated alkanes) is 6. The number of rotatable bonds is 8. The standard InChI is InChI=1S/C13H22O/c1-3-5-6-7-8-9-10-12-13(14)11-4-2/h3,5-10,12H2,1-2H3. The van der Waals surface area contributed by atoms with E-state index in [1.807, 2.05) is 0 Å². The molecule has 0 N–H and O–H groups in total. The fourth-order valence-electron chi connectivity index (χ4n) is 1.44. The van der Waals surface area contributed by atoms with E-state index >= 15 is 0 Å². The van der Waals surface area contributed by atoms with Gasteiger partial charge in [0.15, 0.2) is 0 Å². The van der Waals surface area contributed by atoms with E-state index in [2.05, 4.69) is 18.8 Å². The molecule has 0 aliphatic heterocycles. The molecule has 0 aliphatic carbocycles. The lowest BCUT2D eigenvalue weighted by Gasteiger charge is -1.98. The van der Waals surface area contributed by atoms with Gasteiger partial charge in [-0.05, 0) is 19.3 Å². The van der Waals surface area contributed by atoms with Crippen LogP contribution in [0, 0.1) is 11.8 Å². The van der Waals surface area contributed by atoms with Gasteiger partial charge < -0.3 is 0 Å². The molecular weight excluding hydrogens is 172 g/mol. The van der Waals surface area contributed by atoms with Crippen LogP contribution in [0.2, 0.25) is 0 Å². The Morgan fingerprint density at radius 3 is 2.14 bits per heavy atom. The highest BCUT2D eigenvalue weighted by atomic mass is 16.1. The first kappa shape index (κ1) is 13.2. The van der Waals surface area contributed by atoms with E-state index in [9.17, 15) is 4.79 Å². The number of carbonyl (C=O) groups excluding carboxylic acids is 1. The fraction of sp³-hybridized carbons (Fsp3) is 0.769. The van der Waals surface area contributed by atoms with Gasteiger partial charge in [-0.2, -0.15) is 0 Å². The molecule has 0 atom stereocenters. The molecule has 0 rings (SSSR count). The number of ketones is 1. The highest BCUT2D eigenvalue weighted by Gasteiger charge is 1.96. The second-order valence-electron chi connectivity index (χ2n) is 3.67. The smallest absolute Gasteiger partial charge is 0.205 e. The Balaban J connectivity index is 3.12. The third-order valence-electron chi connectivity index (χ3n) is 2.27. The summed E-state index contributed by atoms with van der Waals surface area (Å²) in [6.45, 7) is 3.94. The van der Waals surface area contributed by atoms with Crippen LogP contribution in [0.4, 0.5) is 0 Å². The summed E-state index contributed by atoms with van der Waals surface area (Å²) in [6.07, 6.45) is 9.42. The minimum absolute atomic E-state index is 0.0982. The second kappa shape index (κ2) is 10.3. The van der Waals surface area contributed by atoms with Crippen LogP contribution in [-0.4, -0.2) is 5.78 Å². The fourth-order valence-corrected chi connectivity index (χ4v) is 1.44. The molecule has 1 heteroatoms. The highest BCUT2D eigenvalue weighted by molar-refractivity contribution is 5.95. The van der Waals surface area contributed by atoms with Crippen LogP contribution in [0.3, 0.4) is 0 Å². The van der Waals surface area contributed by atoms with Crippen molar-refractivity contribution in [1.82, 2.24) is 0 Å². The molecule has 14 heavy (non-hydrogen) atoms. The van der Waals surface area contributed by atoms with Gasteiger partial charge in [-0.25, -0.2) is 0 Å². The summed E-state index contributed by atoms with van der Waals surface area (Å²) < 4.78 is 0. The third-order valence-corrected chi connectivity index (χ3v) is 2.27. The molecule has 0 spiro atoms. The van der Waals surface area contributed by atoms with Crippen molar-refractivity contribution < 1.29 is 4.79 Å². The van der Waals surface area contributed by atoms with E-state index in [0.717, 1.165) is 6.42 Å². The summed E-state index contributed by atoms with van der Waals surface area (Å²) in [7, 11) is 0. The van der Waals surface area contributed by atoms with Gasteiger partial charge >= 0.3 is 0 Å². The Morgan fingerprint density at radius 2 is 1.57 bits per heavy atom. The van der Waals surface area contributed by atoms with E-state index in [1.54, 1.807) is 6.92 Å². The predicted molar refractivity (Wildman–Crippen MR) is 61.1 cm³/mol. The Hall–Kier alpha value is -0.770. The molecule has 0 saturated heterocycles. The molecule has 0 fully saturated rings. The number of carbonyl (C=O) groups is 1. The molecule has 0 aliphatic rings. The SMILES string of the molecule is CC#CC(=O)CCCCCCCCC. The molecule has 0 aromatic rings. The van der Waals surface area contributed by atoms with Crippen LogP contribution in [0.1, 0.15) is 65.2 Å². The van der Waals surface area contributed by atoms with Gasteiger partial charge in [-0.1, -0.05) is 51.4 Å². The molecule has 0 aromatic carbocycles. The van der Waals surface area contributed by atoms with Crippen molar-refractivity contribution in [2.24, 2.45) is 0 Å². The first-order valence-electron chi connectivity index (χ1n) is 5.76. The zero-order valence-corrected chi connectivity index (χ0v) is 9.57. The number of hydrogen-bond acceptors (Lipinski definition) is 1. The molecular formula is C13H22O. The maximum Gasteiger partial charge on any atom is 0.205 e. The molecule has 0 unspecified atom stereocenters. The highest BCUT2D eigenvalue weighted by Crippen LogP contribution is 2.08. The molecule has 0 saturated carbocycles. The Bertz CT molecular complexity index is 195. The molecule has 1 nitrogen and oxygen atoms in total.